The van der Waals surface area contributed by atoms with Gasteiger partial charge in [0.2, 0.25) is 0 Å². The number of anilines is 1. The molecule has 0 atom stereocenters. The number of fused-ring (bicyclic) bond motifs is 1. The van der Waals surface area contributed by atoms with Gasteiger partial charge in [-0.1, -0.05) is 30.0 Å². The van der Waals surface area contributed by atoms with Crippen LogP contribution in [0.15, 0.2) is 63.7 Å². The molecule has 0 radical (unpaired) electrons. The van der Waals surface area contributed by atoms with Gasteiger partial charge in [0.1, 0.15) is 0 Å². The summed E-state index contributed by atoms with van der Waals surface area (Å²) in [6.45, 7) is 3.08. The quantitative estimate of drug-likeness (QED) is 0.777. The van der Waals surface area contributed by atoms with Crippen molar-refractivity contribution in [2.45, 2.75) is 24.7 Å². The lowest BCUT2D eigenvalue weighted by atomic mass is 10.2. The number of allylic oxidation sites excluding steroid dienone is 4. The van der Waals surface area contributed by atoms with Gasteiger partial charge in [0.15, 0.2) is 5.78 Å². The molecule has 120 valence electrons. The number of para-hydroxylation sites is 1. The maximum atomic E-state index is 12.4. The second-order valence-corrected chi connectivity index (χ2v) is 7.02. The van der Waals surface area contributed by atoms with Gasteiger partial charge in [0.25, 0.3) is 0 Å². The van der Waals surface area contributed by atoms with Crippen LogP contribution in [0.3, 0.4) is 0 Å². The molecule has 1 heterocycles. The van der Waals surface area contributed by atoms with E-state index in [9.17, 15) is 4.79 Å². The molecular formula is C19H22N2OS. The Labute approximate surface area is 142 Å². The predicted octanol–water partition coefficient (Wildman–Crippen LogP) is 4.19. The van der Waals surface area contributed by atoms with Crippen LogP contribution in [-0.4, -0.2) is 31.3 Å². The monoisotopic (exact) mass is 326 g/mol. The van der Waals surface area contributed by atoms with Crippen molar-refractivity contribution in [2.24, 2.45) is 0 Å². The Balaban J connectivity index is 1.83. The summed E-state index contributed by atoms with van der Waals surface area (Å²) in [4.78, 5) is 17.9. The molecule has 4 heteroatoms. The summed E-state index contributed by atoms with van der Waals surface area (Å²) in [6, 6.07) is 8.44. The summed E-state index contributed by atoms with van der Waals surface area (Å²) in [5.74, 6) is 0.194. The zero-order valence-electron chi connectivity index (χ0n) is 13.9. The second-order valence-electron chi connectivity index (χ2n) is 5.96. The van der Waals surface area contributed by atoms with Crippen LogP contribution in [0.4, 0.5) is 5.69 Å². The van der Waals surface area contributed by atoms with Crippen LogP contribution < -0.4 is 4.90 Å². The van der Waals surface area contributed by atoms with Gasteiger partial charge in [0, 0.05) is 42.9 Å². The van der Waals surface area contributed by atoms with E-state index in [4.69, 9.17) is 0 Å². The minimum atomic E-state index is 0.194. The fraction of sp³-hybridized carbons (Fsp3) is 0.316. The normalized spacial score (nSPS) is 22.5. The summed E-state index contributed by atoms with van der Waals surface area (Å²) in [5.41, 5.74) is 3.09. The average molecular weight is 326 g/mol. The van der Waals surface area contributed by atoms with E-state index in [1.165, 1.54) is 15.6 Å². The van der Waals surface area contributed by atoms with Crippen LogP contribution in [0.25, 0.3) is 0 Å². The van der Waals surface area contributed by atoms with Crippen molar-refractivity contribution in [3.05, 3.63) is 58.8 Å². The molecule has 0 N–H and O–H groups in total. The van der Waals surface area contributed by atoms with Gasteiger partial charge in [0.05, 0.1) is 10.7 Å². The number of ketones is 1. The molecule has 0 amide bonds. The van der Waals surface area contributed by atoms with Crippen LogP contribution >= 0.6 is 11.8 Å². The SMILES string of the molecule is CCN1C(=CC=C2CCC(=CN(C)C)C2=O)Sc2ccccc21. The highest BCUT2D eigenvalue weighted by molar-refractivity contribution is 8.03. The number of carbonyl (C=O) groups excluding carboxylic acids is 1. The lowest BCUT2D eigenvalue weighted by Gasteiger charge is -2.17. The van der Waals surface area contributed by atoms with E-state index >= 15 is 0 Å². The van der Waals surface area contributed by atoms with E-state index in [0.29, 0.717) is 0 Å². The smallest absolute Gasteiger partial charge is 0.186 e. The highest BCUT2D eigenvalue weighted by Crippen LogP contribution is 2.45. The molecule has 1 fully saturated rings. The summed E-state index contributed by atoms with van der Waals surface area (Å²) in [7, 11) is 3.91. The highest BCUT2D eigenvalue weighted by Gasteiger charge is 2.25. The fourth-order valence-corrected chi connectivity index (χ4v) is 4.10. The van der Waals surface area contributed by atoms with Gasteiger partial charge in [-0.05, 0) is 38.0 Å². The third-order valence-corrected chi connectivity index (χ3v) is 5.17. The van der Waals surface area contributed by atoms with Gasteiger partial charge >= 0.3 is 0 Å². The topological polar surface area (TPSA) is 23.6 Å². The Hall–Kier alpha value is -1.94. The number of rotatable bonds is 3. The first kappa shape index (κ1) is 15.9. The van der Waals surface area contributed by atoms with Crippen LogP contribution in [0.1, 0.15) is 19.8 Å². The Morgan fingerprint density at radius 3 is 2.65 bits per heavy atom. The first-order chi connectivity index (χ1) is 11.1. The van der Waals surface area contributed by atoms with Gasteiger partial charge in [-0.15, -0.1) is 0 Å². The molecule has 0 bridgehead atoms. The third-order valence-electron chi connectivity index (χ3n) is 4.04. The van der Waals surface area contributed by atoms with Crippen molar-refractivity contribution in [3.8, 4) is 0 Å². The summed E-state index contributed by atoms with van der Waals surface area (Å²) in [5, 5.41) is 1.19. The molecule has 1 aliphatic heterocycles. The molecule has 1 aliphatic carbocycles. The van der Waals surface area contributed by atoms with E-state index < -0.39 is 0 Å². The Morgan fingerprint density at radius 1 is 1.17 bits per heavy atom. The molecule has 1 aromatic rings. The van der Waals surface area contributed by atoms with Crippen molar-refractivity contribution in [3.63, 3.8) is 0 Å². The largest absolute Gasteiger partial charge is 0.383 e. The second kappa shape index (κ2) is 6.67. The maximum absolute atomic E-state index is 12.4. The van der Waals surface area contributed by atoms with Gasteiger partial charge in [-0.25, -0.2) is 0 Å². The van der Waals surface area contributed by atoms with E-state index in [0.717, 1.165) is 30.5 Å². The van der Waals surface area contributed by atoms with Crippen molar-refractivity contribution >= 4 is 23.2 Å². The summed E-state index contributed by atoms with van der Waals surface area (Å²) in [6.07, 6.45) is 7.73. The molecule has 3 nitrogen and oxygen atoms in total. The Kier molecular flexibility index (Phi) is 4.62. The van der Waals surface area contributed by atoms with Crippen molar-refractivity contribution in [2.75, 3.05) is 25.5 Å². The zero-order chi connectivity index (χ0) is 16.4. The number of nitrogens with zero attached hydrogens (tertiary/aromatic N) is 2. The number of hydrogen-bond acceptors (Lipinski definition) is 4. The number of carbonyl (C=O) groups is 1. The average Bonchev–Trinajstić information content (AvgIpc) is 3.05. The molecule has 0 aromatic heterocycles. The van der Waals surface area contributed by atoms with Crippen molar-refractivity contribution < 1.29 is 4.79 Å². The molecule has 1 saturated carbocycles. The molecular weight excluding hydrogens is 304 g/mol. The fourth-order valence-electron chi connectivity index (χ4n) is 2.97. The predicted molar refractivity (Wildman–Crippen MR) is 97.5 cm³/mol. The molecule has 0 saturated heterocycles. The molecule has 2 aliphatic rings. The molecule has 0 unspecified atom stereocenters. The molecule has 1 aromatic carbocycles. The third kappa shape index (κ3) is 3.22. The molecule has 0 spiro atoms. The lowest BCUT2D eigenvalue weighted by molar-refractivity contribution is -0.111. The van der Waals surface area contributed by atoms with Crippen LogP contribution in [0.2, 0.25) is 0 Å². The van der Waals surface area contributed by atoms with Gasteiger partial charge in [-0.3, -0.25) is 4.79 Å². The van der Waals surface area contributed by atoms with Crippen molar-refractivity contribution in [1.29, 1.82) is 0 Å². The van der Waals surface area contributed by atoms with E-state index in [2.05, 4.69) is 42.2 Å². The summed E-state index contributed by atoms with van der Waals surface area (Å²) >= 11 is 1.77. The van der Waals surface area contributed by atoms with Crippen LogP contribution in [0, 0.1) is 0 Å². The van der Waals surface area contributed by atoms with Crippen molar-refractivity contribution in [1.82, 2.24) is 4.90 Å². The van der Waals surface area contributed by atoms with Gasteiger partial charge in [-0.2, -0.15) is 0 Å². The summed E-state index contributed by atoms with van der Waals surface area (Å²) < 4.78 is 0. The van der Waals surface area contributed by atoms with E-state index in [-0.39, 0.29) is 5.78 Å². The standard InChI is InChI=1S/C19H22N2OS/c1-4-21-16-7-5-6-8-17(16)23-18(21)12-11-14-9-10-15(19(14)22)13-20(2)3/h5-8,11-13H,4,9-10H2,1-3H3. The lowest BCUT2D eigenvalue weighted by Crippen LogP contribution is -2.16. The minimum Gasteiger partial charge on any atom is -0.383 e. The molecule has 3 rings (SSSR count). The zero-order valence-corrected chi connectivity index (χ0v) is 14.7. The number of Topliss-reactive ketones (excluding diaryl/α,β-unsaturated/α-hetero) is 1. The van der Waals surface area contributed by atoms with E-state index in [1.54, 1.807) is 11.8 Å². The minimum absolute atomic E-state index is 0.194. The maximum Gasteiger partial charge on any atom is 0.186 e. The molecule has 23 heavy (non-hydrogen) atoms. The number of thioether (sulfide) groups is 1. The van der Waals surface area contributed by atoms with E-state index in [1.807, 2.05) is 31.3 Å². The number of benzene rings is 1. The first-order valence-corrected chi connectivity index (χ1v) is 8.79. The highest BCUT2D eigenvalue weighted by atomic mass is 32.2. The number of hydrogen-bond donors (Lipinski definition) is 0. The Bertz CT molecular complexity index is 716. The Morgan fingerprint density at radius 2 is 1.91 bits per heavy atom. The van der Waals surface area contributed by atoms with Crippen LogP contribution in [0.5, 0.6) is 0 Å². The first-order valence-electron chi connectivity index (χ1n) is 7.97. The van der Waals surface area contributed by atoms with Gasteiger partial charge < -0.3 is 9.80 Å². The van der Waals surface area contributed by atoms with Crippen LogP contribution in [-0.2, 0) is 4.79 Å².